The van der Waals surface area contributed by atoms with Gasteiger partial charge in [0.1, 0.15) is 11.3 Å². The molecule has 0 atom stereocenters. The van der Waals surface area contributed by atoms with Gasteiger partial charge in [-0.3, -0.25) is 9.78 Å². The van der Waals surface area contributed by atoms with Crippen molar-refractivity contribution in [2.45, 2.75) is 26.4 Å². The summed E-state index contributed by atoms with van der Waals surface area (Å²) in [7, 11) is 0. The van der Waals surface area contributed by atoms with Gasteiger partial charge in [-0.1, -0.05) is 0 Å². The van der Waals surface area contributed by atoms with E-state index in [-0.39, 0.29) is 11.3 Å². The van der Waals surface area contributed by atoms with E-state index in [1.165, 1.54) is 12.3 Å². The largest absolute Gasteiger partial charge is 0.456 e. The molecule has 1 aromatic heterocycles. The zero-order chi connectivity index (χ0) is 12.3. The van der Waals surface area contributed by atoms with Crippen molar-refractivity contribution < 1.29 is 14.3 Å². The number of nitrogens with zero attached hydrogens (tertiary/aromatic N) is 1. The van der Waals surface area contributed by atoms with Crippen molar-refractivity contribution in [3.8, 4) is 0 Å². The first-order valence-electron chi connectivity index (χ1n) is 4.67. The number of hydrogen-bond acceptors (Lipinski definition) is 4. The molecule has 0 aliphatic rings. The number of pyridine rings is 1. The molecule has 86 valence electrons. The second kappa shape index (κ2) is 4.74. The number of halogens is 1. The average Bonchev–Trinajstić information content (AvgIpc) is 2.15. The Morgan fingerprint density at radius 2 is 2.12 bits per heavy atom. The maximum Gasteiger partial charge on any atom is 0.341 e. The highest BCUT2D eigenvalue weighted by atomic mass is 79.9. The first kappa shape index (κ1) is 12.8. The molecule has 0 spiro atoms. The number of ether oxygens (including phenoxy) is 1. The summed E-state index contributed by atoms with van der Waals surface area (Å²) < 4.78 is 5.79. The lowest BCUT2D eigenvalue weighted by atomic mass is 10.1. The molecule has 0 aliphatic heterocycles. The second-order valence-electron chi connectivity index (χ2n) is 4.21. The molecule has 0 amide bonds. The van der Waals surface area contributed by atoms with Crippen LogP contribution in [0.25, 0.3) is 0 Å². The lowest BCUT2D eigenvalue weighted by molar-refractivity contribution is 0.00676. The lowest BCUT2D eigenvalue weighted by Crippen LogP contribution is -2.24. The van der Waals surface area contributed by atoms with E-state index in [0.717, 1.165) is 0 Å². The summed E-state index contributed by atoms with van der Waals surface area (Å²) >= 11 is 3.19. The number of esters is 1. The predicted molar refractivity (Wildman–Crippen MR) is 62.5 cm³/mol. The Morgan fingerprint density at radius 1 is 1.50 bits per heavy atom. The molecule has 1 rings (SSSR count). The van der Waals surface area contributed by atoms with Crippen LogP contribution < -0.4 is 0 Å². The number of aldehydes is 1. The van der Waals surface area contributed by atoms with E-state index in [2.05, 4.69) is 20.9 Å². The minimum Gasteiger partial charge on any atom is -0.456 e. The van der Waals surface area contributed by atoms with Gasteiger partial charge in [0.05, 0.1) is 5.56 Å². The summed E-state index contributed by atoms with van der Waals surface area (Å²) in [4.78, 5) is 26.3. The minimum atomic E-state index is -0.598. The molecule has 4 nitrogen and oxygen atoms in total. The number of aromatic nitrogens is 1. The van der Waals surface area contributed by atoms with Crippen molar-refractivity contribution in [3.63, 3.8) is 0 Å². The van der Waals surface area contributed by atoms with Crippen LogP contribution in [0.4, 0.5) is 0 Å². The molecule has 0 bridgehead atoms. The molecule has 0 saturated carbocycles. The smallest absolute Gasteiger partial charge is 0.341 e. The third kappa shape index (κ3) is 3.41. The van der Waals surface area contributed by atoms with Gasteiger partial charge in [0.25, 0.3) is 0 Å². The highest BCUT2D eigenvalue weighted by molar-refractivity contribution is 9.10. The van der Waals surface area contributed by atoms with Gasteiger partial charge in [0.15, 0.2) is 6.29 Å². The molecule has 0 fully saturated rings. The summed E-state index contributed by atoms with van der Waals surface area (Å²) in [5.41, 5.74) is -0.351. The fourth-order valence-corrected chi connectivity index (χ4v) is 1.37. The van der Waals surface area contributed by atoms with Crippen molar-refractivity contribution in [1.82, 2.24) is 4.98 Å². The van der Waals surface area contributed by atoms with Crippen LogP contribution in [0.5, 0.6) is 0 Å². The average molecular weight is 286 g/mol. The molecule has 0 radical (unpaired) electrons. The highest BCUT2D eigenvalue weighted by Crippen LogP contribution is 2.17. The van der Waals surface area contributed by atoms with Gasteiger partial charge >= 0.3 is 5.97 Å². The summed E-state index contributed by atoms with van der Waals surface area (Å²) in [6, 6.07) is 1.52. The van der Waals surface area contributed by atoms with Gasteiger partial charge < -0.3 is 4.74 Å². The molecular formula is C11H12BrNO3. The van der Waals surface area contributed by atoms with E-state index in [4.69, 9.17) is 4.74 Å². The van der Waals surface area contributed by atoms with Crippen LogP contribution >= 0.6 is 15.9 Å². The summed E-state index contributed by atoms with van der Waals surface area (Å²) in [5, 5.41) is 0. The maximum absolute atomic E-state index is 11.8. The molecule has 1 heterocycles. The van der Waals surface area contributed by atoms with E-state index in [9.17, 15) is 9.59 Å². The molecular weight excluding hydrogens is 274 g/mol. The highest BCUT2D eigenvalue weighted by Gasteiger charge is 2.21. The Morgan fingerprint density at radius 3 is 2.62 bits per heavy atom. The van der Waals surface area contributed by atoms with Gasteiger partial charge in [-0.2, -0.15) is 0 Å². The molecule has 0 aliphatic carbocycles. The van der Waals surface area contributed by atoms with Crippen molar-refractivity contribution in [3.05, 3.63) is 28.0 Å². The molecule has 1 aromatic rings. The SMILES string of the molecule is CC(C)(C)OC(=O)c1cc(Br)cnc1C=O. The number of carbonyl (C=O) groups is 2. The van der Waals surface area contributed by atoms with Crippen LogP contribution in [-0.2, 0) is 4.74 Å². The van der Waals surface area contributed by atoms with Crippen LogP contribution in [0.2, 0.25) is 0 Å². The Hall–Kier alpha value is -1.23. The van der Waals surface area contributed by atoms with Crippen molar-refractivity contribution in [2.75, 3.05) is 0 Å². The normalized spacial score (nSPS) is 11.0. The maximum atomic E-state index is 11.8. The Bertz CT molecular complexity index is 424. The van der Waals surface area contributed by atoms with Gasteiger partial charge in [-0.15, -0.1) is 0 Å². The van der Waals surface area contributed by atoms with Crippen molar-refractivity contribution in [1.29, 1.82) is 0 Å². The first-order chi connectivity index (χ1) is 7.33. The quantitative estimate of drug-likeness (QED) is 0.619. The van der Waals surface area contributed by atoms with Crippen LogP contribution in [-0.4, -0.2) is 22.8 Å². The van der Waals surface area contributed by atoms with E-state index < -0.39 is 11.6 Å². The standard InChI is InChI=1S/C11H12BrNO3/c1-11(2,3)16-10(15)8-4-7(12)5-13-9(8)6-14/h4-6H,1-3H3. The van der Waals surface area contributed by atoms with Gasteiger partial charge in [0.2, 0.25) is 0 Å². The number of rotatable bonds is 2. The summed E-state index contributed by atoms with van der Waals surface area (Å²) in [5.74, 6) is -0.552. The molecule has 0 unspecified atom stereocenters. The fraction of sp³-hybridized carbons (Fsp3) is 0.364. The predicted octanol–water partition coefficient (Wildman–Crippen LogP) is 2.61. The topological polar surface area (TPSA) is 56.3 Å². The molecule has 0 N–H and O–H groups in total. The monoisotopic (exact) mass is 285 g/mol. The molecule has 0 aromatic carbocycles. The third-order valence-electron chi connectivity index (χ3n) is 1.62. The summed E-state index contributed by atoms with van der Waals surface area (Å²) in [6.07, 6.45) is 1.99. The van der Waals surface area contributed by atoms with E-state index in [0.29, 0.717) is 10.8 Å². The minimum absolute atomic E-state index is 0.0810. The van der Waals surface area contributed by atoms with Gasteiger partial charge in [0, 0.05) is 10.7 Å². The van der Waals surface area contributed by atoms with E-state index in [1.54, 1.807) is 20.8 Å². The lowest BCUT2D eigenvalue weighted by Gasteiger charge is -2.19. The van der Waals surface area contributed by atoms with Gasteiger partial charge in [-0.25, -0.2) is 4.79 Å². The van der Waals surface area contributed by atoms with E-state index >= 15 is 0 Å². The number of hydrogen-bond donors (Lipinski definition) is 0. The second-order valence-corrected chi connectivity index (χ2v) is 5.12. The summed E-state index contributed by atoms with van der Waals surface area (Å²) in [6.45, 7) is 5.28. The Labute approximate surface area is 102 Å². The Balaban J connectivity index is 3.07. The van der Waals surface area contributed by atoms with Crippen LogP contribution in [0.15, 0.2) is 16.7 Å². The van der Waals surface area contributed by atoms with Crippen molar-refractivity contribution in [2.24, 2.45) is 0 Å². The van der Waals surface area contributed by atoms with Crippen LogP contribution in [0.1, 0.15) is 41.6 Å². The molecule has 16 heavy (non-hydrogen) atoms. The fourth-order valence-electron chi connectivity index (χ4n) is 1.04. The van der Waals surface area contributed by atoms with Crippen molar-refractivity contribution >= 4 is 28.2 Å². The van der Waals surface area contributed by atoms with Crippen LogP contribution in [0.3, 0.4) is 0 Å². The van der Waals surface area contributed by atoms with Crippen LogP contribution in [0, 0.1) is 0 Å². The third-order valence-corrected chi connectivity index (χ3v) is 2.05. The molecule has 0 saturated heterocycles. The zero-order valence-corrected chi connectivity index (χ0v) is 10.9. The Kier molecular flexibility index (Phi) is 3.80. The first-order valence-corrected chi connectivity index (χ1v) is 5.47. The zero-order valence-electron chi connectivity index (χ0n) is 9.28. The van der Waals surface area contributed by atoms with E-state index in [1.807, 2.05) is 0 Å². The number of carbonyl (C=O) groups excluding carboxylic acids is 2. The van der Waals surface area contributed by atoms with Gasteiger partial charge in [-0.05, 0) is 42.8 Å². The molecule has 5 heteroatoms.